The van der Waals surface area contributed by atoms with Crippen LogP contribution in [-0.2, 0) is 4.79 Å². The van der Waals surface area contributed by atoms with Gasteiger partial charge in [0.2, 0.25) is 0 Å². The molecule has 0 fully saturated rings. The number of benzene rings is 1. The number of carbonyl (C=O) groups is 2. The van der Waals surface area contributed by atoms with Crippen molar-refractivity contribution in [2.45, 2.75) is 26.3 Å². The Morgan fingerprint density at radius 2 is 2.10 bits per heavy atom. The second kappa shape index (κ2) is 6.35. The molecule has 2 atom stereocenters. The third kappa shape index (κ3) is 3.18. The maximum Gasteiger partial charge on any atom is 0.326 e. The third-order valence-electron chi connectivity index (χ3n) is 3.69. The number of aromatic nitrogens is 1. The Morgan fingerprint density at radius 3 is 2.76 bits per heavy atom. The molecule has 0 spiro atoms. The minimum atomic E-state index is -1.02. The van der Waals surface area contributed by atoms with Gasteiger partial charge in [0.25, 0.3) is 5.91 Å². The number of nitrogens with one attached hydrogen (secondary N) is 1. The summed E-state index contributed by atoms with van der Waals surface area (Å²) in [5.74, 6) is -1.54. The van der Waals surface area contributed by atoms with Crippen molar-refractivity contribution in [3.05, 3.63) is 42.2 Å². The topological polar surface area (TPSA) is 79.3 Å². The smallest absolute Gasteiger partial charge is 0.326 e. The predicted octanol–water partition coefficient (Wildman–Crippen LogP) is 2.46. The number of aliphatic carboxylic acids is 1. The highest BCUT2D eigenvalue weighted by Gasteiger charge is 2.26. The molecule has 1 aromatic carbocycles. The molecule has 1 heterocycles. The summed E-state index contributed by atoms with van der Waals surface area (Å²) in [5, 5.41) is 13.5. The number of pyridine rings is 1. The van der Waals surface area contributed by atoms with Crippen LogP contribution < -0.4 is 5.32 Å². The van der Waals surface area contributed by atoms with E-state index in [9.17, 15) is 14.7 Å². The van der Waals surface area contributed by atoms with Gasteiger partial charge in [0.1, 0.15) is 6.04 Å². The summed E-state index contributed by atoms with van der Waals surface area (Å²) in [4.78, 5) is 27.7. The van der Waals surface area contributed by atoms with Crippen LogP contribution in [-0.4, -0.2) is 28.0 Å². The summed E-state index contributed by atoms with van der Waals surface area (Å²) in [5.41, 5.74) is 0.440. The van der Waals surface area contributed by atoms with Crippen molar-refractivity contribution in [1.29, 1.82) is 0 Å². The van der Waals surface area contributed by atoms with Gasteiger partial charge in [-0.3, -0.25) is 9.78 Å². The summed E-state index contributed by atoms with van der Waals surface area (Å²) in [6.07, 6.45) is 3.95. The van der Waals surface area contributed by atoms with E-state index >= 15 is 0 Å². The molecule has 5 nitrogen and oxygen atoms in total. The molecule has 2 rings (SSSR count). The van der Waals surface area contributed by atoms with E-state index in [0.29, 0.717) is 17.4 Å². The van der Waals surface area contributed by atoms with E-state index in [4.69, 9.17) is 0 Å². The van der Waals surface area contributed by atoms with Crippen molar-refractivity contribution in [3.63, 3.8) is 0 Å². The van der Waals surface area contributed by atoms with Gasteiger partial charge in [-0.2, -0.15) is 0 Å². The Kier molecular flexibility index (Phi) is 4.52. The Bertz CT molecular complexity index is 664. The highest BCUT2D eigenvalue weighted by Crippen LogP contribution is 2.18. The molecular weight excluding hydrogens is 268 g/mol. The molecule has 0 bridgehead atoms. The summed E-state index contributed by atoms with van der Waals surface area (Å²) in [6.45, 7) is 3.71. The van der Waals surface area contributed by atoms with E-state index in [2.05, 4.69) is 10.3 Å². The SMILES string of the molecule is CC[C@H](C)[C@H](NC(=O)c1cccc2ccncc12)C(=O)O. The number of carboxylic acids is 1. The van der Waals surface area contributed by atoms with E-state index in [1.165, 1.54) is 0 Å². The Hall–Kier alpha value is -2.43. The van der Waals surface area contributed by atoms with Crippen molar-refractivity contribution >= 4 is 22.6 Å². The molecule has 1 aromatic heterocycles. The molecular formula is C16H18N2O3. The second-order valence-electron chi connectivity index (χ2n) is 5.08. The summed E-state index contributed by atoms with van der Waals surface area (Å²) < 4.78 is 0. The van der Waals surface area contributed by atoms with Gasteiger partial charge in [0.05, 0.1) is 0 Å². The minimum Gasteiger partial charge on any atom is -0.480 e. The fraction of sp³-hybridized carbons (Fsp3) is 0.312. The molecule has 5 heteroatoms. The fourth-order valence-electron chi connectivity index (χ4n) is 2.21. The van der Waals surface area contributed by atoms with Crippen molar-refractivity contribution in [1.82, 2.24) is 10.3 Å². The zero-order chi connectivity index (χ0) is 15.4. The first-order valence-corrected chi connectivity index (χ1v) is 6.91. The van der Waals surface area contributed by atoms with E-state index in [1.807, 2.05) is 26.0 Å². The van der Waals surface area contributed by atoms with Crippen LogP contribution in [0.4, 0.5) is 0 Å². The molecule has 1 amide bonds. The molecule has 2 N–H and O–H groups in total. The highest BCUT2D eigenvalue weighted by atomic mass is 16.4. The van der Waals surface area contributed by atoms with Gasteiger partial charge in [-0.15, -0.1) is 0 Å². The summed E-state index contributed by atoms with van der Waals surface area (Å²) in [6, 6.07) is 6.26. The Labute approximate surface area is 123 Å². The fourth-order valence-corrected chi connectivity index (χ4v) is 2.21. The largest absolute Gasteiger partial charge is 0.480 e. The number of fused-ring (bicyclic) bond motifs is 1. The molecule has 0 radical (unpaired) electrons. The quantitative estimate of drug-likeness (QED) is 0.885. The first-order valence-electron chi connectivity index (χ1n) is 6.91. The Morgan fingerprint density at radius 1 is 1.33 bits per heavy atom. The standard InChI is InChI=1S/C16H18N2O3/c1-3-10(2)14(16(20)21)18-15(19)12-6-4-5-11-7-8-17-9-13(11)12/h4-10,14H,3H2,1-2H3,(H,18,19)(H,20,21)/t10-,14-/m0/s1. The maximum atomic E-state index is 12.4. The van der Waals surface area contributed by atoms with Crippen LogP contribution in [0.5, 0.6) is 0 Å². The van der Waals surface area contributed by atoms with Crippen LogP contribution in [0.15, 0.2) is 36.7 Å². The molecule has 0 saturated carbocycles. The minimum absolute atomic E-state index is 0.139. The lowest BCUT2D eigenvalue weighted by atomic mass is 9.98. The second-order valence-corrected chi connectivity index (χ2v) is 5.08. The van der Waals surface area contributed by atoms with Gasteiger partial charge in [-0.1, -0.05) is 32.4 Å². The maximum absolute atomic E-state index is 12.4. The van der Waals surface area contributed by atoms with E-state index in [1.54, 1.807) is 24.5 Å². The lowest BCUT2D eigenvalue weighted by Gasteiger charge is -2.20. The molecule has 0 aliphatic carbocycles. The monoisotopic (exact) mass is 286 g/mol. The number of hydrogen-bond donors (Lipinski definition) is 2. The number of nitrogens with zero attached hydrogens (tertiary/aromatic N) is 1. The van der Waals surface area contributed by atoms with Crippen molar-refractivity contribution in [3.8, 4) is 0 Å². The molecule has 0 aliphatic rings. The molecule has 0 unspecified atom stereocenters. The van der Waals surface area contributed by atoms with Crippen molar-refractivity contribution in [2.75, 3.05) is 0 Å². The van der Waals surface area contributed by atoms with Gasteiger partial charge in [0, 0.05) is 23.3 Å². The number of carboxylic acid groups (broad SMARTS) is 1. The third-order valence-corrected chi connectivity index (χ3v) is 3.69. The van der Waals surface area contributed by atoms with E-state index < -0.39 is 12.0 Å². The first kappa shape index (κ1) is 15.0. The van der Waals surface area contributed by atoms with Crippen LogP contribution in [0.1, 0.15) is 30.6 Å². The van der Waals surface area contributed by atoms with Gasteiger partial charge in [-0.25, -0.2) is 4.79 Å². The molecule has 2 aromatic rings. The van der Waals surface area contributed by atoms with Crippen LogP contribution >= 0.6 is 0 Å². The normalized spacial score (nSPS) is 13.6. The predicted molar refractivity (Wildman–Crippen MR) is 80.1 cm³/mol. The average molecular weight is 286 g/mol. The first-order chi connectivity index (χ1) is 10.0. The summed E-state index contributed by atoms with van der Waals surface area (Å²) >= 11 is 0. The number of hydrogen-bond acceptors (Lipinski definition) is 3. The lowest BCUT2D eigenvalue weighted by molar-refractivity contribution is -0.140. The lowest BCUT2D eigenvalue weighted by Crippen LogP contribution is -2.45. The van der Waals surface area contributed by atoms with Gasteiger partial charge in [0.15, 0.2) is 0 Å². The highest BCUT2D eigenvalue weighted by molar-refractivity contribution is 6.07. The molecule has 21 heavy (non-hydrogen) atoms. The van der Waals surface area contributed by atoms with Crippen LogP contribution in [0.2, 0.25) is 0 Å². The summed E-state index contributed by atoms with van der Waals surface area (Å²) in [7, 11) is 0. The molecule has 110 valence electrons. The van der Waals surface area contributed by atoms with Gasteiger partial charge >= 0.3 is 5.97 Å². The Balaban J connectivity index is 2.32. The van der Waals surface area contributed by atoms with Crippen molar-refractivity contribution < 1.29 is 14.7 Å². The van der Waals surface area contributed by atoms with Crippen LogP contribution in [0.3, 0.4) is 0 Å². The average Bonchev–Trinajstić information content (AvgIpc) is 2.50. The zero-order valence-corrected chi connectivity index (χ0v) is 12.0. The number of rotatable bonds is 5. The van der Waals surface area contributed by atoms with E-state index in [-0.39, 0.29) is 11.8 Å². The van der Waals surface area contributed by atoms with E-state index in [0.717, 1.165) is 5.39 Å². The van der Waals surface area contributed by atoms with Crippen LogP contribution in [0, 0.1) is 5.92 Å². The molecule has 0 saturated heterocycles. The van der Waals surface area contributed by atoms with Gasteiger partial charge < -0.3 is 10.4 Å². The van der Waals surface area contributed by atoms with Gasteiger partial charge in [-0.05, 0) is 23.4 Å². The zero-order valence-electron chi connectivity index (χ0n) is 12.0. The number of carbonyl (C=O) groups excluding carboxylic acids is 1. The number of amides is 1. The van der Waals surface area contributed by atoms with Crippen LogP contribution in [0.25, 0.3) is 10.8 Å². The molecule has 0 aliphatic heterocycles. The van der Waals surface area contributed by atoms with Crippen molar-refractivity contribution in [2.24, 2.45) is 5.92 Å².